The number of thiophene rings is 2. The van der Waals surface area contributed by atoms with Crippen LogP contribution >= 0.6 is 22.7 Å². The van der Waals surface area contributed by atoms with E-state index in [1.165, 1.54) is 42.0 Å². The summed E-state index contributed by atoms with van der Waals surface area (Å²) in [6.45, 7) is 0. The first-order valence-corrected chi connectivity index (χ1v) is 7.96. The van der Waals surface area contributed by atoms with Crippen LogP contribution in [-0.4, -0.2) is 4.98 Å². The molecule has 0 bridgehead atoms. The number of aromatic amines is 1. The van der Waals surface area contributed by atoms with Gasteiger partial charge in [0.2, 0.25) is 0 Å². The zero-order valence-corrected chi connectivity index (χ0v) is 11.6. The number of H-pyrrole nitrogens is 1. The van der Waals surface area contributed by atoms with Gasteiger partial charge in [-0.15, -0.1) is 22.7 Å². The fourth-order valence-corrected chi connectivity index (χ4v) is 4.94. The first-order chi connectivity index (χ1) is 9.43. The SMILES string of the molecule is c1ccc2c(c1)[nH]c1c3ccsc3c3ccsc3c21. The van der Waals surface area contributed by atoms with Crippen LogP contribution in [0.1, 0.15) is 0 Å². The van der Waals surface area contributed by atoms with E-state index in [4.69, 9.17) is 0 Å². The minimum Gasteiger partial charge on any atom is -0.354 e. The summed E-state index contributed by atoms with van der Waals surface area (Å²) in [5, 5.41) is 9.84. The largest absolute Gasteiger partial charge is 0.354 e. The van der Waals surface area contributed by atoms with Crippen molar-refractivity contribution in [3.63, 3.8) is 0 Å². The van der Waals surface area contributed by atoms with E-state index in [0.717, 1.165) is 0 Å². The van der Waals surface area contributed by atoms with Crippen molar-refractivity contribution in [2.45, 2.75) is 0 Å². The van der Waals surface area contributed by atoms with Gasteiger partial charge < -0.3 is 4.98 Å². The first-order valence-electron chi connectivity index (χ1n) is 6.20. The molecule has 0 fully saturated rings. The Bertz CT molecular complexity index is 1060. The molecule has 0 unspecified atom stereocenters. The van der Waals surface area contributed by atoms with Gasteiger partial charge in [-0.1, -0.05) is 18.2 Å². The molecular formula is C16H9NS2. The van der Waals surface area contributed by atoms with E-state index in [1.54, 1.807) is 0 Å². The highest BCUT2D eigenvalue weighted by Gasteiger charge is 2.14. The zero-order chi connectivity index (χ0) is 12.4. The third-order valence-electron chi connectivity index (χ3n) is 3.78. The van der Waals surface area contributed by atoms with Gasteiger partial charge in [0.05, 0.1) is 5.52 Å². The van der Waals surface area contributed by atoms with E-state index in [9.17, 15) is 0 Å². The third-order valence-corrected chi connectivity index (χ3v) is 5.66. The van der Waals surface area contributed by atoms with Crippen molar-refractivity contribution in [2.75, 3.05) is 0 Å². The maximum absolute atomic E-state index is 3.60. The number of nitrogens with one attached hydrogen (secondary N) is 1. The van der Waals surface area contributed by atoms with Crippen LogP contribution in [0.25, 0.3) is 42.0 Å². The molecule has 0 radical (unpaired) electrons. The Hall–Kier alpha value is -1.84. The van der Waals surface area contributed by atoms with Crippen molar-refractivity contribution in [1.82, 2.24) is 4.98 Å². The van der Waals surface area contributed by atoms with Crippen LogP contribution < -0.4 is 0 Å². The van der Waals surface area contributed by atoms with Crippen molar-refractivity contribution in [1.29, 1.82) is 0 Å². The Morgan fingerprint density at radius 1 is 0.737 bits per heavy atom. The lowest BCUT2D eigenvalue weighted by molar-refractivity contribution is 1.57. The van der Waals surface area contributed by atoms with E-state index < -0.39 is 0 Å². The Morgan fingerprint density at radius 2 is 1.53 bits per heavy atom. The number of para-hydroxylation sites is 1. The quantitative estimate of drug-likeness (QED) is 0.371. The highest BCUT2D eigenvalue weighted by atomic mass is 32.1. The fraction of sp³-hybridized carbons (Fsp3) is 0. The number of benzene rings is 2. The minimum absolute atomic E-state index is 1.23. The molecule has 5 aromatic rings. The molecule has 3 heterocycles. The third kappa shape index (κ3) is 1.15. The Kier molecular flexibility index (Phi) is 1.78. The molecule has 1 N–H and O–H groups in total. The number of rotatable bonds is 0. The molecule has 0 saturated heterocycles. The molecule has 0 saturated carbocycles. The normalized spacial score (nSPS) is 12.2. The van der Waals surface area contributed by atoms with Gasteiger partial charge >= 0.3 is 0 Å². The summed E-state index contributed by atoms with van der Waals surface area (Å²) >= 11 is 3.67. The molecule has 0 aliphatic carbocycles. The lowest BCUT2D eigenvalue weighted by atomic mass is 10.1. The molecule has 2 aromatic carbocycles. The van der Waals surface area contributed by atoms with Gasteiger partial charge in [0.25, 0.3) is 0 Å². The fourth-order valence-electron chi connectivity index (χ4n) is 2.98. The van der Waals surface area contributed by atoms with Gasteiger partial charge in [0.15, 0.2) is 0 Å². The summed E-state index contributed by atoms with van der Waals surface area (Å²) in [7, 11) is 0. The summed E-state index contributed by atoms with van der Waals surface area (Å²) in [6, 6.07) is 13.1. The Balaban J connectivity index is 2.29. The van der Waals surface area contributed by atoms with Crippen molar-refractivity contribution in [3.05, 3.63) is 47.2 Å². The number of aromatic nitrogens is 1. The molecule has 0 amide bonds. The minimum atomic E-state index is 1.23. The van der Waals surface area contributed by atoms with Gasteiger partial charge in [-0.3, -0.25) is 0 Å². The summed E-state index contributed by atoms with van der Waals surface area (Å²) in [5.41, 5.74) is 2.51. The molecule has 0 atom stereocenters. The number of fused-ring (bicyclic) bond motifs is 8. The average molecular weight is 279 g/mol. The van der Waals surface area contributed by atoms with Crippen LogP contribution in [0.4, 0.5) is 0 Å². The van der Waals surface area contributed by atoms with Crippen LogP contribution in [0.15, 0.2) is 47.2 Å². The standard InChI is InChI=1S/C16H9NS2/c1-2-4-12-9(3-1)13-14(17-12)10-5-7-18-15(10)11-6-8-19-16(11)13/h1-8,17H. The molecule has 3 heteroatoms. The smallest absolute Gasteiger partial charge is 0.0567 e. The summed E-state index contributed by atoms with van der Waals surface area (Å²) in [6.07, 6.45) is 0. The van der Waals surface area contributed by atoms with Crippen LogP contribution in [-0.2, 0) is 0 Å². The second-order valence-corrected chi connectivity index (χ2v) is 6.58. The second kappa shape index (κ2) is 3.38. The summed E-state index contributed by atoms with van der Waals surface area (Å²) in [5.74, 6) is 0. The predicted molar refractivity (Wildman–Crippen MR) is 86.6 cm³/mol. The van der Waals surface area contributed by atoms with Crippen molar-refractivity contribution >= 4 is 64.7 Å². The molecule has 3 aromatic heterocycles. The molecule has 90 valence electrons. The zero-order valence-electron chi connectivity index (χ0n) is 9.94. The van der Waals surface area contributed by atoms with E-state index in [-0.39, 0.29) is 0 Å². The van der Waals surface area contributed by atoms with Crippen molar-refractivity contribution in [3.8, 4) is 0 Å². The van der Waals surface area contributed by atoms with Crippen LogP contribution in [0.3, 0.4) is 0 Å². The highest BCUT2D eigenvalue weighted by molar-refractivity contribution is 7.22. The lowest BCUT2D eigenvalue weighted by Gasteiger charge is -1.98. The summed E-state index contributed by atoms with van der Waals surface area (Å²) < 4.78 is 2.80. The average Bonchev–Trinajstić information content (AvgIpc) is 3.14. The van der Waals surface area contributed by atoms with Crippen LogP contribution in [0, 0.1) is 0 Å². The predicted octanol–water partition coefficient (Wildman–Crippen LogP) is 5.75. The van der Waals surface area contributed by atoms with Gasteiger partial charge in [0.1, 0.15) is 0 Å². The van der Waals surface area contributed by atoms with Gasteiger partial charge in [-0.25, -0.2) is 0 Å². The highest BCUT2D eigenvalue weighted by Crippen LogP contribution is 2.42. The van der Waals surface area contributed by atoms with E-state index >= 15 is 0 Å². The van der Waals surface area contributed by atoms with Gasteiger partial charge in [0, 0.05) is 36.5 Å². The Morgan fingerprint density at radius 3 is 2.47 bits per heavy atom. The topological polar surface area (TPSA) is 15.8 Å². The van der Waals surface area contributed by atoms with Crippen LogP contribution in [0.2, 0.25) is 0 Å². The molecular weight excluding hydrogens is 270 g/mol. The number of hydrogen-bond acceptors (Lipinski definition) is 2. The number of hydrogen-bond donors (Lipinski definition) is 1. The first kappa shape index (κ1) is 10.0. The van der Waals surface area contributed by atoms with E-state index in [1.807, 2.05) is 22.7 Å². The Labute approximate surface area is 117 Å². The molecule has 0 aliphatic heterocycles. The van der Waals surface area contributed by atoms with Crippen molar-refractivity contribution < 1.29 is 0 Å². The van der Waals surface area contributed by atoms with E-state index in [2.05, 4.69) is 52.1 Å². The monoisotopic (exact) mass is 279 g/mol. The summed E-state index contributed by atoms with van der Waals surface area (Å²) in [4.78, 5) is 3.60. The molecule has 5 rings (SSSR count). The van der Waals surface area contributed by atoms with Gasteiger partial charge in [-0.2, -0.15) is 0 Å². The molecule has 0 aliphatic rings. The van der Waals surface area contributed by atoms with Crippen LogP contribution in [0.5, 0.6) is 0 Å². The lowest BCUT2D eigenvalue weighted by Crippen LogP contribution is -1.71. The molecule has 0 spiro atoms. The van der Waals surface area contributed by atoms with Crippen molar-refractivity contribution in [2.24, 2.45) is 0 Å². The molecule has 1 nitrogen and oxygen atoms in total. The second-order valence-electron chi connectivity index (χ2n) is 4.75. The molecule has 19 heavy (non-hydrogen) atoms. The van der Waals surface area contributed by atoms with Gasteiger partial charge in [-0.05, 0) is 29.0 Å². The van der Waals surface area contributed by atoms with E-state index in [0.29, 0.717) is 0 Å². The maximum Gasteiger partial charge on any atom is 0.0567 e. The maximum atomic E-state index is 3.60.